The summed E-state index contributed by atoms with van der Waals surface area (Å²) in [7, 11) is 1.62. The Balaban J connectivity index is 1.56. The number of aryl methyl sites for hydroxylation is 1. The number of anilines is 1. The minimum atomic E-state index is -0.214. The topological polar surface area (TPSA) is 99.2 Å². The van der Waals surface area contributed by atoms with Crippen molar-refractivity contribution in [3.8, 4) is 11.4 Å². The van der Waals surface area contributed by atoms with Crippen molar-refractivity contribution < 1.29 is 14.3 Å². The van der Waals surface area contributed by atoms with Crippen LogP contribution in [0.4, 0.5) is 5.69 Å². The van der Waals surface area contributed by atoms with E-state index in [1.807, 2.05) is 31.2 Å². The van der Waals surface area contributed by atoms with Crippen molar-refractivity contribution in [3.63, 3.8) is 0 Å². The summed E-state index contributed by atoms with van der Waals surface area (Å²) in [6, 6.07) is 12.7. The van der Waals surface area contributed by atoms with Crippen LogP contribution in [0.2, 0.25) is 0 Å². The summed E-state index contributed by atoms with van der Waals surface area (Å²) in [5.74, 6) is 0.673. The van der Waals surface area contributed by atoms with Crippen LogP contribution in [-0.2, 0) is 13.0 Å². The van der Waals surface area contributed by atoms with Gasteiger partial charge >= 0.3 is 0 Å². The average molecular weight is 433 g/mol. The van der Waals surface area contributed by atoms with Crippen molar-refractivity contribution in [2.24, 2.45) is 5.41 Å². The Morgan fingerprint density at radius 2 is 1.91 bits per heavy atom. The third-order valence-electron chi connectivity index (χ3n) is 5.85. The highest BCUT2D eigenvalue weighted by Crippen LogP contribution is 2.37. The normalized spacial score (nSPS) is 14.7. The first kappa shape index (κ1) is 21.6. The van der Waals surface area contributed by atoms with Gasteiger partial charge < -0.3 is 15.8 Å². The van der Waals surface area contributed by atoms with Gasteiger partial charge in [-0.3, -0.25) is 9.59 Å². The Morgan fingerprint density at radius 1 is 1.19 bits per heavy atom. The molecule has 32 heavy (non-hydrogen) atoms. The minimum Gasteiger partial charge on any atom is -0.497 e. The molecule has 1 aliphatic rings. The van der Waals surface area contributed by atoms with Gasteiger partial charge in [0.2, 0.25) is 0 Å². The Hall–Kier alpha value is -3.61. The summed E-state index contributed by atoms with van der Waals surface area (Å²) >= 11 is 0. The standard InChI is InChI=1S/C25H28N4O3/c1-15-23-21(12-25(2,3)13-22(23)30)29(28-15)20-10-7-17(11-19(20)26)24(31)27-14-16-5-8-18(32-4)9-6-16/h5-11H,12-14,26H2,1-4H3,(H,27,31). The number of hydrogen-bond donors (Lipinski definition) is 2. The molecule has 2 aromatic carbocycles. The molecule has 7 heteroatoms. The molecule has 166 valence electrons. The largest absolute Gasteiger partial charge is 0.497 e. The van der Waals surface area contributed by atoms with E-state index < -0.39 is 0 Å². The highest BCUT2D eigenvalue weighted by Gasteiger charge is 2.36. The zero-order chi connectivity index (χ0) is 23.0. The zero-order valence-electron chi connectivity index (χ0n) is 18.9. The van der Waals surface area contributed by atoms with E-state index in [2.05, 4.69) is 24.3 Å². The summed E-state index contributed by atoms with van der Waals surface area (Å²) in [5.41, 5.74) is 11.0. The highest BCUT2D eigenvalue weighted by atomic mass is 16.5. The van der Waals surface area contributed by atoms with Gasteiger partial charge in [-0.15, -0.1) is 0 Å². The lowest BCUT2D eigenvalue weighted by Crippen LogP contribution is -2.28. The van der Waals surface area contributed by atoms with Crippen LogP contribution in [-0.4, -0.2) is 28.6 Å². The Kier molecular flexibility index (Phi) is 5.50. The van der Waals surface area contributed by atoms with Crippen LogP contribution < -0.4 is 15.8 Å². The van der Waals surface area contributed by atoms with Crippen LogP contribution in [0.25, 0.3) is 5.69 Å². The van der Waals surface area contributed by atoms with Gasteiger partial charge in [-0.2, -0.15) is 5.10 Å². The SMILES string of the molecule is COc1ccc(CNC(=O)c2ccc(-n3nc(C)c4c3CC(C)(C)CC4=O)c(N)c2)cc1. The molecule has 0 aliphatic heterocycles. The monoisotopic (exact) mass is 432 g/mol. The molecule has 1 aromatic heterocycles. The van der Waals surface area contributed by atoms with Crippen LogP contribution in [0.5, 0.6) is 5.75 Å². The van der Waals surface area contributed by atoms with Gasteiger partial charge in [-0.1, -0.05) is 26.0 Å². The molecule has 3 aromatic rings. The van der Waals surface area contributed by atoms with E-state index in [1.54, 1.807) is 30.0 Å². The maximum Gasteiger partial charge on any atom is 0.251 e. The van der Waals surface area contributed by atoms with Gasteiger partial charge in [-0.25, -0.2) is 4.68 Å². The molecule has 3 N–H and O–H groups in total. The van der Waals surface area contributed by atoms with Crippen LogP contribution in [0, 0.1) is 12.3 Å². The number of ketones is 1. The number of hydrogen-bond acceptors (Lipinski definition) is 5. The lowest BCUT2D eigenvalue weighted by Gasteiger charge is -2.29. The number of Topliss-reactive ketones (excluding diaryl/α,β-unsaturated/α-hetero) is 1. The van der Waals surface area contributed by atoms with Gasteiger partial charge in [0.15, 0.2) is 5.78 Å². The number of benzene rings is 2. The first-order chi connectivity index (χ1) is 15.2. The number of fused-ring (bicyclic) bond motifs is 1. The number of amides is 1. The number of nitrogens with zero attached hydrogens (tertiary/aromatic N) is 2. The molecule has 0 spiro atoms. The maximum atomic E-state index is 12.7. The molecule has 1 aliphatic carbocycles. The van der Waals surface area contributed by atoms with Crippen molar-refractivity contribution >= 4 is 17.4 Å². The van der Waals surface area contributed by atoms with E-state index in [1.165, 1.54) is 0 Å². The number of nitrogens with two attached hydrogens (primary N) is 1. The zero-order valence-corrected chi connectivity index (χ0v) is 18.9. The lowest BCUT2D eigenvalue weighted by atomic mass is 9.75. The first-order valence-electron chi connectivity index (χ1n) is 10.6. The molecule has 0 atom stereocenters. The van der Waals surface area contributed by atoms with E-state index >= 15 is 0 Å². The predicted octanol–water partition coefficient (Wildman–Crippen LogP) is 3.86. The van der Waals surface area contributed by atoms with Crippen molar-refractivity contribution in [1.82, 2.24) is 15.1 Å². The first-order valence-corrected chi connectivity index (χ1v) is 10.6. The number of nitrogens with one attached hydrogen (secondary N) is 1. The van der Waals surface area contributed by atoms with Crippen LogP contribution in [0.1, 0.15) is 57.9 Å². The van der Waals surface area contributed by atoms with Crippen molar-refractivity contribution in [3.05, 3.63) is 70.5 Å². The molecule has 4 rings (SSSR count). The highest BCUT2D eigenvalue weighted by molar-refractivity contribution is 6.00. The fourth-order valence-electron chi connectivity index (χ4n) is 4.26. The molecule has 1 heterocycles. The van der Waals surface area contributed by atoms with E-state index in [-0.39, 0.29) is 17.1 Å². The molecule has 0 radical (unpaired) electrons. The van der Waals surface area contributed by atoms with Gasteiger partial charge in [0.25, 0.3) is 5.91 Å². The average Bonchev–Trinajstić information content (AvgIpc) is 3.07. The Bertz CT molecular complexity index is 1190. The summed E-state index contributed by atoms with van der Waals surface area (Å²) in [6.07, 6.45) is 1.24. The van der Waals surface area contributed by atoms with Crippen LogP contribution >= 0.6 is 0 Å². The number of carbonyl (C=O) groups excluding carboxylic acids is 2. The van der Waals surface area contributed by atoms with E-state index in [0.29, 0.717) is 41.2 Å². The molecular formula is C25H28N4O3. The molecule has 0 unspecified atom stereocenters. The number of carbonyl (C=O) groups is 2. The second-order valence-corrected chi connectivity index (χ2v) is 9.06. The van der Waals surface area contributed by atoms with E-state index in [0.717, 1.165) is 23.4 Å². The number of aromatic nitrogens is 2. The fourth-order valence-corrected chi connectivity index (χ4v) is 4.26. The third-order valence-corrected chi connectivity index (χ3v) is 5.85. The van der Waals surface area contributed by atoms with Gasteiger partial charge in [0.1, 0.15) is 5.75 Å². The Labute approximate surface area is 187 Å². The molecular weight excluding hydrogens is 404 g/mol. The van der Waals surface area contributed by atoms with Gasteiger partial charge in [0, 0.05) is 18.5 Å². The third kappa shape index (κ3) is 4.10. The molecule has 0 saturated heterocycles. The summed E-state index contributed by atoms with van der Waals surface area (Å²) in [5, 5.41) is 7.52. The summed E-state index contributed by atoms with van der Waals surface area (Å²) in [6.45, 7) is 6.41. The molecule has 0 bridgehead atoms. The minimum absolute atomic E-state index is 0.119. The van der Waals surface area contributed by atoms with Crippen molar-refractivity contribution in [2.45, 2.75) is 40.2 Å². The van der Waals surface area contributed by atoms with E-state index in [9.17, 15) is 9.59 Å². The number of rotatable bonds is 5. The number of ether oxygens (including phenoxy) is 1. The summed E-state index contributed by atoms with van der Waals surface area (Å²) in [4.78, 5) is 25.3. The number of nitrogen functional groups attached to an aromatic ring is 1. The van der Waals surface area contributed by atoms with Crippen molar-refractivity contribution in [1.29, 1.82) is 0 Å². The lowest BCUT2D eigenvalue weighted by molar-refractivity contribution is 0.0908. The maximum absolute atomic E-state index is 12.7. The molecule has 7 nitrogen and oxygen atoms in total. The second kappa shape index (κ2) is 8.15. The Morgan fingerprint density at radius 3 is 2.56 bits per heavy atom. The molecule has 0 saturated carbocycles. The number of methoxy groups -OCH3 is 1. The summed E-state index contributed by atoms with van der Waals surface area (Å²) < 4.78 is 6.91. The van der Waals surface area contributed by atoms with E-state index in [4.69, 9.17) is 10.5 Å². The molecule has 1 amide bonds. The van der Waals surface area contributed by atoms with Crippen LogP contribution in [0.15, 0.2) is 42.5 Å². The van der Waals surface area contributed by atoms with Gasteiger partial charge in [0.05, 0.1) is 35.4 Å². The second-order valence-electron chi connectivity index (χ2n) is 9.06. The van der Waals surface area contributed by atoms with Crippen LogP contribution in [0.3, 0.4) is 0 Å². The predicted molar refractivity (Wildman–Crippen MR) is 123 cm³/mol. The quantitative estimate of drug-likeness (QED) is 0.597. The molecule has 0 fully saturated rings. The van der Waals surface area contributed by atoms with Gasteiger partial charge in [-0.05, 0) is 54.7 Å². The smallest absolute Gasteiger partial charge is 0.251 e. The van der Waals surface area contributed by atoms with Crippen molar-refractivity contribution in [2.75, 3.05) is 12.8 Å². The fraction of sp³-hybridized carbons (Fsp3) is 0.320.